The van der Waals surface area contributed by atoms with Gasteiger partial charge in [-0.25, -0.2) is 18.2 Å². The van der Waals surface area contributed by atoms with E-state index < -0.39 is 27.6 Å². The number of aromatic nitrogens is 1. The van der Waals surface area contributed by atoms with Crippen LogP contribution in [0.4, 0.5) is 5.13 Å². The Morgan fingerprint density at radius 1 is 1.31 bits per heavy atom. The lowest BCUT2D eigenvalue weighted by molar-refractivity contribution is 0.0597. The number of esters is 1. The standard InChI is InChI=1S/C16H18N4O7S2/c1-26-15(23)11-8-10(2-3-13(11)21)29(24,25)19-18-14(22)12-9-28-16(17-12)20-4-6-27-7-5-20/h2-3,8-9,19,21H,4-7H2,1H3,(H,18,22). The minimum Gasteiger partial charge on any atom is -0.507 e. The van der Waals surface area contributed by atoms with Gasteiger partial charge in [0.2, 0.25) is 0 Å². The number of sulfonamides is 1. The Labute approximate surface area is 170 Å². The summed E-state index contributed by atoms with van der Waals surface area (Å²) in [5.74, 6) is -2.07. The smallest absolute Gasteiger partial charge is 0.341 e. The number of phenolic OH excluding ortho intramolecular Hbond substituents is 1. The molecule has 1 saturated heterocycles. The van der Waals surface area contributed by atoms with Gasteiger partial charge in [-0.05, 0) is 18.2 Å². The highest BCUT2D eigenvalue weighted by Crippen LogP contribution is 2.23. The molecule has 2 heterocycles. The van der Waals surface area contributed by atoms with Gasteiger partial charge in [0, 0.05) is 18.5 Å². The van der Waals surface area contributed by atoms with Crippen molar-refractivity contribution in [2.75, 3.05) is 38.3 Å². The van der Waals surface area contributed by atoms with E-state index in [1.807, 2.05) is 9.73 Å². The number of nitrogens with one attached hydrogen (secondary N) is 2. The van der Waals surface area contributed by atoms with Crippen molar-refractivity contribution in [1.82, 2.24) is 15.2 Å². The van der Waals surface area contributed by atoms with Crippen LogP contribution in [0, 0.1) is 0 Å². The fraction of sp³-hybridized carbons (Fsp3) is 0.312. The van der Waals surface area contributed by atoms with Crippen molar-refractivity contribution in [3.05, 3.63) is 34.8 Å². The summed E-state index contributed by atoms with van der Waals surface area (Å²) < 4.78 is 34.5. The van der Waals surface area contributed by atoms with Crippen LogP contribution in [0.1, 0.15) is 20.8 Å². The van der Waals surface area contributed by atoms with Crippen LogP contribution in [-0.2, 0) is 19.5 Å². The van der Waals surface area contributed by atoms with Crippen LogP contribution in [0.3, 0.4) is 0 Å². The SMILES string of the molecule is COC(=O)c1cc(S(=O)(=O)NNC(=O)c2csc(N3CCOCC3)n2)ccc1O. The van der Waals surface area contributed by atoms with Gasteiger partial charge in [0.05, 0.1) is 25.2 Å². The molecule has 0 saturated carbocycles. The molecule has 2 aromatic rings. The van der Waals surface area contributed by atoms with Gasteiger partial charge >= 0.3 is 5.97 Å². The van der Waals surface area contributed by atoms with Crippen molar-refractivity contribution >= 4 is 38.4 Å². The number of rotatable bonds is 6. The molecule has 1 fully saturated rings. The molecule has 3 N–H and O–H groups in total. The molecule has 1 aliphatic heterocycles. The molecule has 0 unspecified atom stereocenters. The number of carbonyl (C=O) groups excluding carboxylic acids is 2. The van der Waals surface area contributed by atoms with E-state index >= 15 is 0 Å². The number of morpholine rings is 1. The predicted molar refractivity (Wildman–Crippen MR) is 102 cm³/mol. The zero-order valence-electron chi connectivity index (χ0n) is 15.2. The highest BCUT2D eigenvalue weighted by atomic mass is 32.2. The van der Waals surface area contributed by atoms with E-state index in [4.69, 9.17) is 4.74 Å². The number of thiazole rings is 1. The largest absolute Gasteiger partial charge is 0.507 e. The molecule has 0 atom stereocenters. The Morgan fingerprint density at radius 3 is 2.72 bits per heavy atom. The van der Waals surface area contributed by atoms with Crippen molar-refractivity contribution in [2.45, 2.75) is 4.90 Å². The Bertz CT molecular complexity index is 1020. The van der Waals surface area contributed by atoms with Gasteiger partial charge in [-0.15, -0.1) is 16.2 Å². The fourth-order valence-corrected chi connectivity index (χ4v) is 4.19. The Balaban J connectivity index is 1.68. The number of nitrogens with zero attached hydrogens (tertiary/aromatic N) is 2. The molecule has 3 rings (SSSR count). The first-order chi connectivity index (χ1) is 13.8. The van der Waals surface area contributed by atoms with E-state index in [2.05, 4.69) is 15.1 Å². The van der Waals surface area contributed by atoms with Crippen LogP contribution in [-0.4, -0.2) is 63.8 Å². The maximum absolute atomic E-state index is 12.4. The summed E-state index contributed by atoms with van der Waals surface area (Å²) in [6.45, 7) is 2.46. The molecule has 1 aromatic carbocycles. The molecule has 156 valence electrons. The maximum Gasteiger partial charge on any atom is 0.341 e. The second-order valence-electron chi connectivity index (χ2n) is 5.84. The molecule has 1 aliphatic rings. The fourth-order valence-electron chi connectivity index (χ4n) is 2.46. The maximum atomic E-state index is 12.4. The van der Waals surface area contributed by atoms with Crippen molar-refractivity contribution in [3.63, 3.8) is 0 Å². The van der Waals surface area contributed by atoms with Crippen molar-refractivity contribution < 1.29 is 32.6 Å². The summed E-state index contributed by atoms with van der Waals surface area (Å²) in [6, 6.07) is 3.06. The first-order valence-electron chi connectivity index (χ1n) is 8.33. The van der Waals surface area contributed by atoms with Gasteiger partial charge in [0.25, 0.3) is 15.9 Å². The van der Waals surface area contributed by atoms with E-state index in [9.17, 15) is 23.1 Å². The second-order valence-corrected chi connectivity index (χ2v) is 8.36. The number of methoxy groups -OCH3 is 1. The number of anilines is 1. The molecule has 11 nitrogen and oxygen atoms in total. The van der Waals surface area contributed by atoms with Crippen LogP contribution < -0.4 is 15.2 Å². The normalized spacial score (nSPS) is 14.4. The third kappa shape index (κ3) is 4.82. The quantitative estimate of drug-likeness (QED) is 0.418. The van der Waals surface area contributed by atoms with Crippen LogP contribution in [0.25, 0.3) is 0 Å². The third-order valence-corrected chi connectivity index (χ3v) is 6.14. The number of hydrazine groups is 1. The lowest BCUT2D eigenvalue weighted by Gasteiger charge is -2.25. The molecule has 1 aromatic heterocycles. The summed E-state index contributed by atoms with van der Waals surface area (Å²) in [5.41, 5.74) is 1.81. The molecule has 1 amide bonds. The number of hydrogen-bond donors (Lipinski definition) is 3. The molecule has 13 heteroatoms. The van der Waals surface area contributed by atoms with Crippen LogP contribution in [0.15, 0.2) is 28.5 Å². The summed E-state index contributed by atoms with van der Waals surface area (Å²) >= 11 is 1.27. The molecule has 29 heavy (non-hydrogen) atoms. The average molecular weight is 442 g/mol. The second kappa shape index (κ2) is 8.73. The summed E-state index contributed by atoms with van der Waals surface area (Å²) in [4.78, 5) is 31.6. The third-order valence-electron chi connectivity index (χ3n) is 3.99. The Hall–Kier alpha value is -2.74. The number of aromatic hydroxyl groups is 1. The number of carbonyl (C=O) groups is 2. The minimum absolute atomic E-state index is 0.0557. The number of phenols is 1. The first-order valence-corrected chi connectivity index (χ1v) is 10.7. The Kier molecular flexibility index (Phi) is 6.32. The minimum atomic E-state index is -4.21. The molecule has 0 aliphatic carbocycles. The average Bonchev–Trinajstić information content (AvgIpc) is 3.23. The lowest BCUT2D eigenvalue weighted by Crippen LogP contribution is -2.41. The molecule has 0 bridgehead atoms. The van der Waals surface area contributed by atoms with E-state index in [-0.39, 0.29) is 16.2 Å². The van der Waals surface area contributed by atoms with Crippen molar-refractivity contribution in [3.8, 4) is 5.75 Å². The van der Waals surface area contributed by atoms with E-state index in [0.717, 1.165) is 25.3 Å². The lowest BCUT2D eigenvalue weighted by atomic mass is 10.2. The van der Waals surface area contributed by atoms with E-state index in [1.54, 1.807) is 0 Å². The highest BCUT2D eigenvalue weighted by Gasteiger charge is 2.22. The molecule has 0 spiro atoms. The number of hydrogen-bond acceptors (Lipinski definition) is 10. The van der Waals surface area contributed by atoms with Gasteiger partial charge in [-0.1, -0.05) is 0 Å². The molecular weight excluding hydrogens is 424 g/mol. The zero-order chi connectivity index (χ0) is 21.0. The van der Waals surface area contributed by atoms with E-state index in [0.29, 0.717) is 31.4 Å². The van der Waals surface area contributed by atoms with Crippen molar-refractivity contribution in [1.29, 1.82) is 0 Å². The van der Waals surface area contributed by atoms with Gasteiger partial charge in [0.15, 0.2) is 5.13 Å². The van der Waals surface area contributed by atoms with Gasteiger partial charge < -0.3 is 19.5 Å². The number of amides is 1. The Morgan fingerprint density at radius 2 is 2.03 bits per heavy atom. The molecule has 0 radical (unpaired) electrons. The van der Waals surface area contributed by atoms with Gasteiger partial charge in [-0.3, -0.25) is 10.2 Å². The monoisotopic (exact) mass is 442 g/mol. The number of benzene rings is 1. The van der Waals surface area contributed by atoms with Crippen LogP contribution in [0.5, 0.6) is 5.75 Å². The van der Waals surface area contributed by atoms with Crippen LogP contribution >= 0.6 is 11.3 Å². The number of ether oxygens (including phenoxy) is 2. The summed E-state index contributed by atoms with van der Waals surface area (Å²) in [7, 11) is -3.11. The first kappa shape index (κ1) is 21.0. The highest BCUT2D eigenvalue weighted by molar-refractivity contribution is 7.89. The summed E-state index contributed by atoms with van der Waals surface area (Å²) in [6.07, 6.45) is 0. The summed E-state index contributed by atoms with van der Waals surface area (Å²) in [5, 5.41) is 11.8. The zero-order valence-corrected chi connectivity index (χ0v) is 16.9. The molecular formula is C16H18N4O7S2. The van der Waals surface area contributed by atoms with Gasteiger partial charge in [0.1, 0.15) is 17.0 Å². The van der Waals surface area contributed by atoms with Gasteiger partial charge in [-0.2, -0.15) is 0 Å². The predicted octanol–water partition coefficient (Wildman–Crippen LogP) is 0.0952. The van der Waals surface area contributed by atoms with Crippen LogP contribution in [0.2, 0.25) is 0 Å². The van der Waals surface area contributed by atoms with E-state index in [1.165, 1.54) is 16.7 Å². The topological polar surface area (TPSA) is 147 Å². The van der Waals surface area contributed by atoms with Crippen molar-refractivity contribution in [2.24, 2.45) is 0 Å².